The molecule has 0 aromatic heterocycles. The maximum absolute atomic E-state index is 5.93. The highest BCUT2D eigenvalue weighted by atomic mass is 127. The van der Waals surface area contributed by atoms with Gasteiger partial charge in [-0.05, 0) is 46.4 Å². The number of halogens is 1. The van der Waals surface area contributed by atoms with E-state index in [-0.39, 0.29) is 24.0 Å². The summed E-state index contributed by atoms with van der Waals surface area (Å²) in [6.07, 6.45) is 10.3. The van der Waals surface area contributed by atoms with Crippen LogP contribution >= 0.6 is 24.0 Å². The second-order valence-corrected chi connectivity index (χ2v) is 7.00. The molecule has 0 bridgehead atoms. The van der Waals surface area contributed by atoms with Gasteiger partial charge < -0.3 is 20.9 Å². The monoisotopic (exact) mass is 453 g/mol. The molecule has 6 heteroatoms. The van der Waals surface area contributed by atoms with Gasteiger partial charge >= 0.3 is 0 Å². The molecular formula is C18H40IN5. The Morgan fingerprint density at radius 3 is 2.38 bits per heavy atom. The Balaban J connectivity index is 0.00000529. The maximum Gasteiger partial charge on any atom is 0.188 e. The lowest BCUT2D eigenvalue weighted by Gasteiger charge is -2.35. The Kier molecular flexibility index (Phi) is 15.1. The summed E-state index contributed by atoms with van der Waals surface area (Å²) in [6.45, 7) is 7.46. The summed E-state index contributed by atoms with van der Waals surface area (Å²) in [5.74, 6) is 0.613. The number of nitrogens with one attached hydrogen (secondary N) is 1. The average molecular weight is 453 g/mol. The number of rotatable bonds is 11. The van der Waals surface area contributed by atoms with E-state index in [2.05, 4.69) is 41.1 Å². The lowest BCUT2D eigenvalue weighted by Crippen LogP contribution is -2.45. The van der Waals surface area contributed by atoms with E-state index < -0.39 is 0 Å². The molecule has 5 nitrogen and oxygen atoms in total. The van der Waals surface area contributed by atoms with Gasteiger partial charge in [0.1, 0.15) is 0 Å². The second kappa shape index (κ2) is 15.2. The fraction of sp³-hybridized carbons (Fsp3) is 0.944. The van der Waals surface area contributed by atoms with Gasteiger partial charge in [-0.1, -0.05) is 39.0 Å². The molecule has 1 saturated heterocycles. The molecule has 144 valence electrons. The zero-order valence-electron chi connectivity index (χ0n) is 16.1. The first-order valence-corrected chi connectivity index (χ1v) is 9.56. The van der Waals surface area contributed by atoms with Crippen molar-refractivity contribution in [3.8, 4) is 0 Å². The fourth-order valence-electron chi connectivity index (χ4n) is 3.15. The van der Waals surface area contributed by atoms with Gasteiger partial charge in [-0.3, -0.25) is 4.99 Å². The Morgan fingerprint density at radius 1 is 1.12 bits per heavy atom. The van der Waals surface area contributed by atoms with Crippen molar-refractivity contribution in [3.05, 3.63) is 0 Å². The molecule has 1 rings (SSSR count). The number of nitrogens with two attached hydrogens (primary N) is 1. The number of nitrogens with zero attached hydrogens (tertiary/aromatic N) is 3. The van der Waals surface area contributed by atoms with E-state index in [0.717, 1.165) is 32.1 Å². The number of hydrogen-bond acceptors (Lipinski definition) is 3. The molecule has 1 aliphatic rings. The van der Waals surface area contributed by atoms with Crippen molar-refractivity contribution < 1.29 is 0 Å². The van der Waals surface area contributed by atoms with E-state index in [9.17, 15) is 0 Å². The number of unbranched alkanes of at least 4 members (excludes halogenated alkanes) is 5. The summed E-state index contributed by atoms with van der Waals surface area (Å²) >= 11 is 0. The van der Waals surface area contributed by atoms with E-state index in [1.807, 2.05) is 0 Å². The first-order chi connectivity index (χ1) is 11.1. The van der Waals surface area contributed by atoms with Crippen LogP contribution in [0, 0.1) is 0 Å². The molecule has 0 unspecified atom stereocenters. The van der Waals surface area contributed by atoms with Crippen molar-refractivity contribution in [2.45, 2.75) is 64.3 Å². The van der Waals surface area contributed by atoms with Crippen molar-refractivity contribution >= 4 is 29.9 Å². The van der Waals surface area contributed by atoms with Gasteiger partial charge in [0, 0.05) is 25.7 Å². The molecule has 3 N–H and O–H groups in total. The van der Waals surface area contributed by atoms with E-state index in [1.54, 1.807) is 0 Å². The topological polar surface area (TPSA) is 56.9 Å². The normalized spacial score (nSPS) is 17.1. The SMILES string of the molecule is CCCCCCCCN=C(N)NCCN1CCC(N(C)C)CC1.I. The zero-order chi connectivity index (χ0) is 16.9. The van der Waals surface area contributed by atoms with Crippen LogP contribution in [0.25, 0.3) is 0 Å². The minimum atomic E-state index is 0. The molecule has 0 aromatic carbocycles. The summed E-state index contributed by atoms with van der Waals surface area (Å²) in [5, 5.41) is 3.25. The smallest absolute Gasteiger partial charge is 0.188 e. The van der Waals surface area contributed by atoms with Crippen LogP contribution < -0.4 is 11.1 Å². The first kappa shape index (κ1) is 23.9. The predicted octanol–water partition coefficient (Wildman–Crippen LogP) is 2.90. The summed E-state index contributed by atoms with van der Waals surface area (Å²) in [4.78, 5) is 9.29. The molecule has 0 aliphatic carbocycles. The summed E-state index contributed by atoms with van der Waals surface area (Å²) < 4.78 is 0. The number of likely N-dealkylation sites (tertiary alicyclic amines) is 1. The number of aliphatic imine (C=N–C) groups is 1. The number of piperidine rings is 1. The average Bonchev–Trinajstić information content (AvgIpc) is 2.54. The van der Waals surface area contributed by atoms with E-state index in [4.69, 9.17) is 5.73 Å². The zero-order valence-corrected chi connectivity index (χ0v) is 18.4. The van der Waals surface area contributed by atoms with Crippen LogP contribution in [0.5, 0.6) is 0 Å². The maximum atomic E-state index is 5.93. The molecule has 0 aromatic rings. The van der Waals surface area contributed by atoms with E-state index in [0.29, 0.717) is 5.96 Å². The van der Waals surface area contributed by atoms with Crippen LogP contribution in [-0.2, 0) is 0 Å². The highest BCUT2D eigenvalue weighted by molar-refractivity contribution is 14.0. The fourth-order valence-corrected chi connectivity index (χ4v) is 3.15. The highest BCUT2D eigenvalue weighted by Gasteiger charge is 2.19. The first-order valence-electron chi connectivity index (χ1n) is 9.56. The molecule has 24 heavy (non-hydrogen) atoms. The van der Waals surface area contributed by atoms with Gasteiger partial charge in [0.2, 0.25) is 0 Å². The third-order valence-corrected chi connectivity index (χ3v) is 4.82. The lowest BCUT2D eigenvalue weighted by atomic mass is 10.0. The van der Waals surface area contributed by atoms with Gasteiger partial charge in [0.15, 0.2) is 5.96 Å². The molecule has 0 saturated carbocycles. The minimum Gasteiger partial charge on any atom is -0.370 e. The lowest BCUT2D eigenvalue weighted by molar-refractivity contribution is 0.147. The van der Waals surface area contributed by atoms with Crippen LogP contribution in [0.3, 0.4) is 0 Å². The number of hydrogen-bond donors (Lipinski definition) is 2. The molecule has 0 amide bonds. The Labute approximate surface area is 166 Å². The highest BCUT2D eigenvalue weighted by Crippen LogP contribution is 2.13. The van der Waals surface area contributed by atoms with Crippen molar-refractivity contribution in [2.24, 2.45) is 10.7 Å². The molecular weight excluding hydrogens is 413 g/mol. The summed E-state index contributed by atoms with van der Waals surface area (Å²) in [6, 6.07) is 0.753. The third-order valence-electron chi connectivity index (χ3n) is 4.82. The molecule has 0 atom stereocenters. The van der Waals surface area contributed by atoms with Gasteiger partial charge in [0.05, 0.1) is 0 Å². The van der Waals surface area contributed by atoms with Gasteiger partial charge in [-0.25, -0.2) is 0 Å². The van der Waals surface area contributed by atoms with Gasteiger partial charge in [-0.15, -0.1) is 24.0 Å². The van der Waals surface area contributed by atoms with Crippen molar-refractivity contribution in [2.75, 3.05) is 46.8 Å². The molecule has 0 radical (unpaired) electrons. The van der Waals surface area contributed by atoms with Crippen LogP contribution in [0.1, 0.15) is 58.3 Å². The summed E-state index contributed by atoms with van der Waals surface area (Å²) in [7, 11) is 4.37. The van der Waals surface area contributed by atoms with E-state index >= 15 is 0 Å². The van der Waals surface area contributed by atoms with Crippen molar-refractivity contribution in [3.63, 3.8) is 0 Å². The van der Waals surface area contributed by atoms with Crippen LogP contribution in [0.4, 0.5) is 0 Å². The molecule has 1 heterocycles. The standard InChI is InChI=1S/C18H39N5.HI/c1-4-5-6-7-8-9-12-20-18(19)21-13-16-23-14-10-17(11-15-23)22(2)3;/h17H,4-16H2,1-3H3,(H3,19,20,21);1H. The Bertz CT molecular complexity index is 315. The largest absolute Gasteiger partial charge is 0.370 e. The Morgan fingerprint density at radius 2 is 1.75 bits per heavy atom. The summed E-state index contributed by atoms with van der Waals surface area (Å²) in [5.41, 5.74) is 5.93. The third kappa shape index (κ3) is 11.5. The van der Waals surface area contributed by atoms with Crippen LogP contribution in [0.15, 0.2) is 4.99 Å². The molecule has 0 spiro atoms. The number of guanidine groups is 1. The molecule has 1 aliphatic heterocycles. The van der Waals surface area contributed by atoms with Crippen LogP contribution in [-0.4, -0.2) is 68.6 Å². The van der Waals surface area contributed by atoms with Crippen molar-refractivity contribution in [1.29, 1.82) is 0 Å². The van der Waals surface area contributed by atoms with Gasteiger partial charge in [0.25, 0.3) is 0 Å². The van der Waals surface area contributed by atoms with Crippen molar-refractivity contribution in [1.82, 2.24) is 15.1 Å². The van der Waals surface area contributed by atoms with Gasteiger partial charge in [-0.2, -0.15) is 0 Å². The second-order valence-electron chi connectivity index (χ2n) is 7.00. The predicted molar refractivity (Wildman–Crippen MR) is 116 cm³/mol. The minimum absolute atomic E-state index is 0. The Hall–Kier alpha value is -0.0800. The quantitative estimate of drug-likeness (QED) is 0.219. The van der Waals surface area contributed by atoms with Crippen LogP contribution in [0.2, 0.25) is 0 Å². The van der Waals surface area contributed by atoms with E-state index in [1.165, 1.54) is 58.0 Å². The molecule has 1 fully saturated rings.